The molecule has 1 rings (SSSR count). The van der Waals surface area contributed by atoms with Gasteiger partial charge in [-0.3, -0.25) is 9.59 Å². The molecule has 19 heavy (non-hydrogen) atoms. The third-order valence-electron chi connectivity index (χ3n) is 2.13. The monoisotopic (exact) mass is 322 g/mol. The summed E-state index contributed by atoms with van der Waals surface area (Å²) in [4.78, 5) is 26.3. The van der Waals surface area contributed by atoms with Crippen molar-refractivity contribution >= 4 is 52.7 Å². The van der Waals surface area contributed by atoms with Crippen molar-refractivity contribution in [1.82, 2.24) is 4.98 Å². The number of anilines is 1. The van der Waals surface area contributed by atoms with Gasteiger partial charge in [0.05, 0.1) is 15.8 Å². The van der Waals surface area contributed by atoms with E-state index in [0.29, 0.717) is 11.4 Å². The lowest BCUT2D eigenvalue weighted by Crippen LogP contribution is -2.21. The minimum absolute atomic E-state index is 0.0193. The van der Waals surface area contributed by atoms with Gasteiger partial charge in [0.25, 0.3) is 0 Å². The predicted octanol–water partition coefficient (Wildman–Crippen LogP) is 2.92. The van der Waals surface area contributed by atoms with Crippen LogP contribution >= 0.6 is 35.0 Å². The highest BCUT2D eigenvalue weighted by Crippen LogP contribution is 2.23. The summed E-state index contributed by atoms with van der Waals surface area (Å²) in [5, 5.41) is 11.4. The molecule has 0 bridgehead atoms. The van der Waals surface area contributed by atoms with Crippen LogP contribution < -0.4 is 5.32 Å². The first-order valence-electron chi connectivity index (χ1n) is 5.39. The van der Waals surface area contributed by atoms with Gasteiger partial charge in [0, 0.05) is 6.20 Å². The van der Waals surface area contributed by atoms with Gasteiger partial charge < -0.3 is 10.4 Å². The molecule has 0 spiro atoms. The Hall–Kier alpha value is -0.980. The van der Waals surface area contributed by atoms with E-state index in [1.165, 1.54) is 12.3 Å². The van der Waals surface area contributed by atoms with Gasteiger partial charge in [0.2, 0.25) is 5.91 Å². The molecule has 0 saturated heterocycles. The summed E-state index contributed by atoms with van der Waals surface area (Å²) in [5.41, 5.74) is 0. The number of thioether (sulfide) groups is 1. The van der Waals surface area contributed by atoms with E-state index in [9.17, 15) is 9.59 Å². The summed E-state index contributed by atoms with van der Waals surface area (Å²) < 4.78 is 0. The standard InChI is InChI=1S/C11H12Cl2N2O3S/c1-2-8(11(17)18)19-5-9(16)15-10-7(13)3-6(12)4-14-10/h3-4,8H,2,5H2,1H3,(H,17,18)(H,14,15,16). The van der Waals surface area contributed by atoms with E-state index in [0.717, 1.165) is 11.8 Å². The molecule has 8 heteroatoms. The van der Waals surface area contributed by atoms with Crippen LogP contribution in [0.3, 0.4) is 0 Å². The average molecular weight is 323 g/mol. The molecule has 1 heterocycles. The average Bonchev–Trinajstić information content (AvgIpc) is 2.33. The van der Waals surface area contributed by atoms with Crippen LogP contribution in [0.5, 0.6) is 0 Å². The maximum atomic E-state index is 11.6. The second-order valence-electron chi connectivity index (χ2n) is 3.58. The van der Waals surface area contributed by atoms with Crippen LogP contribution in [-0.4, -0.2) is 33.0 Å². The SMILES string of the molecule is CCC(SCC(=O)Nc1ncc(Cl)cc1Cl)C(=O)O. The zero-order valence-electron chi connectivity index (χ0n) is 10.0. The minimum Gasteiger partial charge on any atom is -0.480 e. The quantitative estimate of drug-likeness (QED) is 0.841. The van der Waals surface area contributed by atoms with Crippen LogP contribution in [0.25, 0.3) is 0 Å². The Bertz CT molecular complexity index is 485. The number of halogens is 2. The Balaban J connectivity index is 2.53. The van der Waals surface area contributed by atoms with Gasteiger partial charge in [-0.15, -0.1) is 11.8 Å². The third-order valence-corrected chi connectivity index (χ3v) is 3.99. The largest absolute Gasteiger partial charge is 0.480 e. The van der Waals surface area contributed by atoms with Gasteiger partial charge in [-0.2, -0.15) is 0 Å². The molecule has 0 fully saturated rings. The molecule has 1 atom stereocenters. The van der Waals surface area contributed by atoms with Gasteiger partial charge in [-0.05, 0) is 12.5 Å². The predicted molar refractivity (Wildman–Crippen MR) is 77.1 cm³/mol. The fourth-order valence-corrected chi connectivity index (χ4v) is 2.45. The van der Waals surface area contributed by atoms with E-state index in [4.69, 9.17) is 28.3 Å². The molecule has 0 aliphatic heterocycles. The van der Waals surface area contributed by atoms with Crippen molar-refractivity contribution in [2.75, 3.05) is 11.1 Å². The Labute approximate surface area is 124 Å². The number of carboxylic acid groups (broad SMARTS) is 1. The Morgan fingerprint density at radius 3 is 2.74 bits per heavy atom. The molecule has 5 nitrogen and oxygen atoms in total. The maximum absolute atomic E-state index is 11.6. The van der Waals surface area contributed by atoms with E-state index < -0.39 is 11.2 Å². The molecule has 0 aliphatic rings. The van der Waals surface area contributed by atoms with Crippen molar-refractivity contribution in [2.45, 2.75) is 18.6 Å². The lowest BCUT2D eigenvalue weighted by molar-refractivity contribution is -0.136. The summed E-state index contributed by atoms with van der Waals surface area (Å²) in [7, 11) is 0. The Morgan fingerprint density at radius 1 is 1.53 bits per heavy atom. The van der Waals surface area contributed by atoms with Crippen LogP contribution in [0.1, 0.15) is 13.3 Å². The van der Waals surface area contributed by atoms with Gasteiger partial charge in [0.1, 0.15) is 5.25 Å². The van der Waals surface area contributed by atoms with Gasteiger partial charge in [-0.1, -0.05) is 30.1 Å². The van der Waals surface area contributed by atoms with Crippen LogP contribution in [0.4, 0.5) is 5.82 Å². The first-order valence-corrected chi connectivity index (χ1v) is 7.19. The number of pyridine rings is 1. The highest BCUT2D eigenvalue weighted by molar-refractivity contribution is 8.01. The van der Waals surface area contributed by atoms with Crippen molar-refractivity contribution in [3.05, 3.63) is 22.3 Å². The molecular formula is C11H12Cl2N2O3S. The van der Waals surface area contributed by atoms with E-state index in [1.54, 1.807) is 6.92 Å². The first-order chi connectivity index (χ1) is 8.93. The van der Waals surface area contributed by atoms with E-state index >= 15 is 0 Å². The lowest BCUT2D eigenvalue weighted by atomic mass is 10.3. The third kappa shape index (κ3) is 5.26. The smallest absolute Gasteiger partial charge is 0.316 e. The maximum Gasteiger partial charge on any atom is 0.316 e. The van der Waals surface area contributed by atoms with Crippen molar-refractivity contribution in [1.29, 1.82) is 0 Å². The molecule has 0 radical (unpaired) electrons. The molecule has 2 N–H and O–H groups in total. The van der Waals surface area contributed by atoms with Crippen molar-refractivity contribution < 1.29 is 14.7 Å². The zero-order valence-corrected chi connectivity index (χ0v) is 12.3. The molecule has 104 valence electrons. The summed E-state index contributed by atoms with van der Waals surface area (Å²) in [6.07, 6.45) is 1.81. The molecular weight excluding hydrogens is 311 g/mol. The summed E-state index contributed by atoms with van der Waals surface area (Å²) in [6.45, 7) is 1.75. The first kappa shape index (κ1) is 16.1. The summed E-state index contributed by atoms with van der Waals surface area (Å²) in [5.74, 6) is -1.06. The molecule has 1 aromatic heterocycles. The molecule has 0 aliphatic carbocycles. The van der Waals surface area contributed by atoms with Gasteiger partial charge in [-0.25, -0.2) is 4.98 Å². The molecule has 1 unspecified atom stereocenters. The number of carboxylic acids is 1. The fraction of sp³-hybridized carbons (Fsp3) is 0.364. The van der Waals surface area contributed by atoms with Crippen LogP contribution in [0.2, 0.25) is 10.0 Å². The molecule has 1 aromatic rings. The highest BCUT2D eigenvalue weighted by Gasteiger charge is 2.17. The van der Waals surface area contributed by atoms with E-state index in [1.807, 2.05) is 0 Å². The number of carbonyl (C=O) groups is 2. The van der Waals surface area contributed by atoms with Crippen LogP contribution in [0, 0.1) is 0 Å². The lowest BCUT2D eigenvalue weighted by Gasteiger charge is -2.10. The summed E-state index contributed by atoms with van der Waals surface area (Å²) in [6, 6.07) is 1.46. The fourth-order valence-electron chi connectivity index (χ4n) is 1.21. The van der Waals surface area contributed by atoms with Gasteiger partial charge in [0.15, 0.2) is 5.82 Å². The van der Waals surface area contributed by atoms with Crippen molar-refractivity contribution in [2.24, 2.45) is 0 Å². The second-order valence-corrected chi connectivity index (χ2v) is 5.61. The normalized spacial score (nSPS) is 11.9. The number of rotatable bonds is 6. The topological polar surface area (TPSA) is 79.3 Å². The Kier molecular flexibility index (Phi) is 6.41. The number of nitrogens with one attached hydrogen (secondary N) is 1. The van der Waals surface area contributed by atoms with Crippen LogP contribution in [0.15, 0.2) is 12.3 Å². The number of amides is 1. The summed E-state index contributed by atoms with van der Waals surface area (Å²) >= 11 is 12.6. The van der Waals surface area contributed by atoms with Crippen molar-refractivity contribution in [3.63, 3.8) is 0 Å². The number of nitrogens with zero attached hydrogens (tertiary/aromatic N) is 1. The number of aliphatic carboxylic acids is 1. The van der Waals surface area contributed by atoms with Crippen molar-refractivity contribution in [3.8, 4) is 0 Å². The zero-order chi connectivity index (χ0) is 14.4. The Morgan fingerprint density at radius 2 is 2.21 bits per heavy atom. The molecule has 0 aromatic carbocycles. The number of hydrogen-bond donors (Lipinski definition) is 2. The highest BCUT2D eigenvalue weighted by atomic mass is 35.5. The number of hydrogen-bond acceptors (Lipinski definition) is 4. The molecule has 1 amide bonds. The number of aromatic nitrogens is 1. The minimum atomic E-state index is -0.928. The molecule has 0 saturated carbocycles. The second kappa shape index (κ2) is 7.57. The van der Waals surface area contributed by atoms with Crippen LogP contribution in [-0.2, 0) is 9.59 Å². The number of carbonyl (C=O) groups excluding carboxylic acids is 1. The van der Waals surface area contributed by atoms with E-state index in [2.05, 4.69) is 10.3 Å². The van der Waals surface area contributed by atoms with Gasteiger partial charge >= 0.3 is 5.97 Å². The van der Waals surface area contributed by atoms with E-state index in [-0.39, 0.29) is 22.5 Å².